The van der Waals surface area contributed by atoms with Crippen LogP contribution >= 0.6 is 0 Å². The molecule has 260 valence electrons. The average Bonchev–Trinajstić information content (AvgIpc) is 3.10. The summed E-state index contributed by atoms with van der Waals surface area (Å²) in [6.07, 6.45) is 8.35. The van der Waals surface area contributed by atoms with E-state index in [4.69, 9.17) is 0 Å². The molecule has 0 aliphatic heterocycles. The minimum atomic E-state index is -4.36. The molecule has 0 fully saturated rings. The maximum atomic E-state index is 12.0. The van der Waals surface area contributed by atoms with E-state index in [-0.39, 0.29) is 9.79 Å². The highest BCUT2D eigenvalue weighted by Gasteiger charge is 2.20. The fourth-order valence-electron chi connectivity index (χ4n) is 6.06. The number of hydrogen-bond donors (Lipinski definition) is 2. The number of rotatable bonds is 12. The zero-order valence-electron chi connectivity index (χ0n) is 28.6. The average molecular weight is 713 g/mol. The Kier molecular flexibility index (Phi) is 11.2. The topological polar surface area (TPSA) is 118 Å². The maximum Gasteiger partial charge on any atom is 0.294 e. The van der Waals surface area contributed by atoms with Gasteiger partial charge in [-0.1, -0.05) is 60.7 Å². The summed E-state index contributed by atoms with van der Waals surface area (Å²) in [5, 5.41) is 0. The summed E-state index contributed by atoms with van der Waals surface area (Å²) in [6, 6.07) is 29.2. The number of allylic oxidation sites excluding steroid dienone is 5. The molecule has 0 atom stereocenters. The van der Waals surface area contributed by atoms with E-state index in [1.165, 1.54) is 12.1 Å². The molecule has 0 radical (unpaired) electrons. The van der Waals surface area contributed by atoms with Gasteiger partial charge in [0.05, 0.1) is 9.79 Å². The van der Waals surface area contributed by atoms with Crippen LogP contribution in [0.3, 0.4) is 0 Å². The normalized spacial score (nSPS) is 13.0. The van der Waals surface area contributed by atoms with Crippen molar-refractivity contribution in [1.82, 2.24) is 0 Å². The molecular weight excluding hydrogens is 671 g/mol. The third-order valence-corrected chi connectivity index (χ3v) is 10.6. The molecule has 50 heavy (non-hydrogen) atoms. The zero-order valence-corrected chi connectivity index (χ0v) is 30.2. The molecule has 1 aliphatic rings. The summed E-state index contributed by atoms with van der Waals surface area (Å²) in [4.78, 5) is 3.90. The van der Waals surface area contributed by atoms with Crippen LogP contribution in [0.2, 0.25) is 0 Å². The first-order valence-electron chi connectivity index (χ1n) is 16.3. The highest BCUT2D eigenvalue weighted by Crippen LogP contribution is 2.33. The van der Waals surface area contributed by atoms with Gasteiger partial charge in [-0.25, -0.2) is 4.58 Å². The third kappa shape index (κ3) is 8.48. The van der Waals surface area contributed by atoms with Crippen LogP contribution in [-0.2, 0) is 33.3 Å². The van der Waals surface area contributed by atoms with Crippen molar-refractivity contribution in [3.63, 3.8) is 0 Å². The summed E-state index contributed by atoms with van der Waals surface area (Å²) < 4.78 is 69.6. The summed E-state index contributed by atoms with van der Waals surface area (Å²) in [5.41, 5.74) is 7.93. The number of nitrogens with zero attached hydrogens (tertiary/aromatic N) is 3. The molecule has 0 saturated carbocycles. The molecular formula is C39H42N3O6S2+. The summed E-state index contributed by atoms with van der Waals surface area (Å²) in [6.45, 7) is 5.83. The molecule has 0 heterocycles. The Morgan fingerprint density at radius 1 is 0.580 bits per heavy atom. The van der Waals surface area contributed by atoms with Gasteiger partial charge in [-0.05, 0) is 95.8 Å². The molecule has 0 aromatic heterocycles. The Bertz CT molecular complexity index is 2050. The van der Waals surface area contributed by atoms with Crippen molar-refractivity contribution in [2.75, 3.05) is 37.0 Å². The summed E-state index contributed by atoms with van der Waals surface area (Å²) in [5.74, 6) is 0. The standard InChI is InChI=1S/C39H41N3O6S2/c1-5-41(27-32-11-7-9-13-37(32)49(43,44)45)35-23-17-30(18-24-35)39(29-15-21-34(22-16-29)40(3)4)31-19-25-36(26-20-31)42(6-2)28-33-12-8-10-14-38(33)50(46,47)48/h7-26H,5-6,27-28H2,1-4H3,(H-,43,44,45,46,47,48)/p+1. The predicted molar refractivity (Wildman–Crippen MR) is 200 cm³/mol. The van der Waals surface area contributed by atoms with Gasteiger partial charge in [0.15, 0.2) is 5.71 Å². The van der Waals surface area contributed by atoms with Crippen LogP contribution in [0.1, 0.15) is 36.1 Å². The van der Waals surface area contributed by atoms with E-state index in [1.807, 2.05) is 66.6 Å². The second-order valence-corrected chi connectivity index (χ2v) is 14.9. The van der Waals surface area contributed by atoms with Gasteiger partial charge in [0.2, 0.25) is 0 Å². The summed E-state index contributed by atoms with van der Waals surface area (Å²) in [7, 11) is -4.73. The second-order valence-electron chi connectivity index (χ2n) is 12.1. The van der Waals surface area contributed by atoms with Crippen LogP contribution in [0.15, 0.2) is 137 Å². The molecule has 1 aliphatic carbocycles. The van der Waals surface area contributed by atoms with Gasteiger partial charge in [0, 0.05) is 49.7 Å². The van der Waals surface area contributed by atoms with Crippen molar-refractivity contribution in [2.45, 2.75) is 36.7 Å². The van der Waals surface area contributed by atoms with Crippen LogP contribution in [0.4, 0.5) is 11.4 Å². The van der Waals surface area contributed by atoms with Crippen LogP contribution in [0.5, 0.6) is 0 Å². The fraction of sp³-hybridized carbons (Fsp3) is 0.205. The van der Waals surface area contributed by atoms with Crippen LogP contribution in [0, 0.1) is 0 Å². The molecule has 0 unspecified atom stereocenters. The van der Waals surface area contributed by atoms with E-state index in [0.29, 0.717) is 37.3 Å². The molecule has 0 saturated heterocycles. The molecule has 4 aromatic carbocycles. The summed E-state index contributed by atoms with van der Waals surface area (Å²) >= 11 is 0. The SMILES string of the molecule is CCN(Cc1ccccc1S(=O)(=O)O)c1ccc(C(=C2C=CC(=[N+](C)C)C=C2)c2ccc(N(CC)Cc3ccccc3S(=O)(=O)O)cc2)cc1. The van der Waals surface area contributed by atoms with E-state index >= 15 is 0 Å². The van der Waals surface area contributed by atoms with E-state index in [9.17, 15) is 25.9 Å². The maximum absolute atomic E-state index is 12.0. The Morgan fingerprint density at radius 2 is 0.960 bits per heavy atom. The first kappa shape index (κ1) is 36.5. The van der Waals surface area contributed by atoms with E-state index < -0.39 is 20.2 Å². The monoisotopic (exact) mass is 712 g/mol. The largest absolute Gasteiger partial charge is 0.367 e. The van der Waals surface area contributed by atoms with Gasteiger partial charge in [-0.2, -0.15) is 16.8 Å². The van der Waals surface area contributed by atoms with Crippen LogP contribution < -0.4 is 9.80 Å². The van der Waals surface area contributed by atoms with E-state index in [1.54, 1.807) is 36.4 Å². The zero-order chi connectivity index (χ0) is 36.1. The van der Waals surface area contributed by atoms with Gasteiger partial charge in [-0.3, -0.25) is 9.11 Å². The number of anilines is 2. The van der Waals surface area contributed by atoms with Crippen molar-refractivity contribution in [3.05, 3.63) is 149 Å². The second kappa shape index (κ2) is 15.4. The molecule has 5 rings (SSSR count). The van der Waals surface area contributed by atoms with Crippen molar-refractivity contribution < 1.29 is 30.5 Å². The Morgan fingerprint density at radius 3 is 1.30 bits per heavy atom. The van der Waals surface area contributed by atoms with Crippen molar-refractivity contribution in [1.29, 1.82) is 0 Å². The predicted octanol–water partition coefficient (Wildman–Crippen LogP) is 6.87. The highest BCUT2D eigenvalue weighted by atomic mass is 32.2. The Hall–Kier alpha value is -4.81. The molecule has 9 nitrogen and oxygen atoms in total. The van der Waals surface area contributed by atoms with Gasteiger partial charge in [0.25, 0.3) is 20.2 Å². The first-order chi connectivity index (χ1) is 23.8. The number of benzene rings is 4. The van der Waals surface area contributed by atoms with Gasteiger partial charge in [0.1, 0.15) is 14.1 Å². The Labute approximate surface area is 295 Å². The minimum Gasteiger partial charge on any atom is -0.367 e. The lowest BCUT2D eigenvalue weighted by Crippen LogP contribution is -2.23. The Balaban J connectivity index is 1.49. The minimum absolute atomic E-state index is 0.0976. The molecule has 0 spiro atoms. The van der Waals surface area contributed by atoms with Gasteiger partial charge >= 0.3 is 0 Å². The van der Waals surface area contributed by atoms with Gasteiger partial charge < -0.3 is 9.80 Å². The van der Waals surface area contributed by atoms with Crippen LogP contribution in [0.25, 0.3) is 5.57 Å². The lowest BCUT2D eigenvalue weighted by molar-refractivity contribution is -0.462. The van der Waals surface area contributed by atoms with Crippen molar-refractivity contribution in [2.24, 2.45) is 0 Å². The first-order valence-corrected chi connectivity index (χ1v) is 19.1. The molecule has 0 bridgehead atoms. The van der Waals surface area contributed by atoms with E-state index in [0.717, 1.165) is 39.4 Å². The lowest BCUT2D eigenvalue weighted by atomic mass is 9.90. The molecule has 4 aromatic rings. The van der Waals surface area contributed by atoms with Crippen molar-refractivity contribution >= 4 is 42.9 Å². The van der Waals surface area contributed by atoms with Crippen molar-refractivity contribution in [3.8, 4) is 0 Å². The smallest absolute Gasteiger partial charge is 0.294 e. The molecule has 0 amide bonds. The highest BCUT2D eigenvalue weighted by molar-refractivity contribution is 7.86. The number of hydrogen-bond acceptors (Lipinski definition) is 6. The molecule has 2 N–H and O–H groups in total. The third-order valence-electron chi connectivity index (χ3n) is 8.70. The quantitative estimate of drug-likeness (QED) is 0.121. The van der Waals surface area contributed by atoms with E-state index in [2.05, 4.69) is 48.6 Å². The van der Waals surface area contributed by atoms with Crippen LogP contribution in [-0.4, -0.2) is 63.4 Å². The lowest BCUT2D eigenvalue weighted by Gasteiger charge is -2.25. The fourth-order valence-corrected chi connectivity index (χ4v) is 7.49. The molecule has 11 heteroatoms. The van der Waals surface area contributed by atoms with Gasteiger partial charge in [-0.15, -0.1) is 0 Å².